The Hall–Kier alpha value is -2.00. The molecule has 1 N–H and O–H groups in total. The molecule has 2 aromatic carbocycles. The van der Waals surface area contributed by atoms with Crippen LogP contribution >= 0.6 is 0 Å². The molecular formula is C20H26NO2. The number of phenolic OH excluding ortho intramolecular Hbond substituents is 1. The molecule has 0 saturated carbocycles. The van der Waals surface area contributed by atoms with Gasteiger partial charge in [0.1, 0.15) is 11.4 Å². The minimum atomic E-state index is -0.0874. The summed E-state index contributed by atoms with van der Waals surface area (Å²) in [5.41, 5.74) is 5.91. The molecule has 0 spiro atoms. The topological polar surface area (TPSA) is 43.4 Å². The zero-order valence-electron chi connectivity index (χ0n) is 15.1. The van der Waals surface area contributed by atoms with Gasteiger partial charge in [-0.3, -0.25) is 0 Å². The Morgan fingerprint density at radius 3 is 1.91 bits per heavy atom. The Morgan fingerprint density at radius 1 is 0.913 bits per heavy atom. The zero-order valence-corrected chi connectivity index (χ0v) is 15.1. The van der Waals surface area contributed by atoms with Gasteiger partial charge in [0.25, 0.3) is 0 Å². The van der Waals surface area contributed by atoms with Crippen LogP contribution in [0.4, 0.5) is 11.4 Å². The van der Waals surface area contributed by atoms with E-state index in [0.29, 0.717) is 11.4 Å². The standard InChI is InChI=1S/C20H26NO2/c1-12-10-13(2)15(4)19(14(12)3)21(23)17-11-16(20(5,6)7)8-9-18(17)22/h8-11,22H,1-7H3. The van der Waals surface area contributed by atoms with Gasteiger partial charge in [0.05, 0.1) is 5.69 Å². The van der Waals surface area contributed by atoms with Crippen molar-refractivity contribution in [2.45, 2.75) is 53.9 Å². The van der Waals surface area contributed by atoms with Crippen molar-refractivity contribution in [3.63, 3.8) is 0 Å². The average Bonchev–Trinajstić information content (AvgIpc) is 2.44. The van der Waals surface area contributed by atoms with Gasteiger partial charge in [-0.25, -0.2) is 0 Å². The van der Waals surface area contributed by atoms with E-state index in [1.807, 2.05) is 33.8 Å². The van der Waals surface area contributed by atoms with E-state index in [2.05, 4.69) is 26.8 Å². The van der Waals surface area contributed by atoms with E-state index < -0.39 is 0 Å². The van der Waals surface area contributed by atoms with Crippen molar-refractivity contribution in [3.8, 4) is 5.75 Å². The van der Waals surface area contributed by atoms with Crippen LogP contribution in [0.2, 0.25) is 0 Å². The second-order valence-electron chi connectivity index (χ2n) is 7.36. The molecule has 0 aliphatic carbocycles. The van der Waals surface area contributed by atoms with E-state index in [1.54, 1.807) is 12.1 Å². The molecule has 3 nitrogen and oxygen atoms in total. The lowest BCUT2D eigenvalue weighted by atomic mass is 9.86. The molecule has 0 amide bonds. The molecule has 123 valence electrons. The van der Waals surface area contributed by atoms with Crippen LogP contribution in [0.5, 0.6) is 5.75 Å². The van der Waals surface area contributed by atoms with Crippen LogP contribution in [0.25, 0.3) is 0 Å². The number of aromatic hydroxyl groups is 1. The highest BCUT2D eigenvalue weighted by molar-refractivity contribution is 5.73. The molecule has 3 heteroatoms. The van der Waals surface area contributed by atoms with Gasteiger partial charge >= 0.3 is 0 Å². The van der Waals surface area contributed by atoms with E-state index in [9.17, 15) is 10.3 Å². The fourth-order valence-corrected chi connectivity index (χ4v) is 2.77. The number of anilines is 2. The van der Waals surface area contributed by atoms with Gasteiger partial charge in [0.2, 0.25) is 0 Å². The number of hydrogen-bond donors (Lipinski definition) is 1. The lowest BCUT2D eigenvalue weighted by Gasteiger charge is -2.25. The van der Waals surface area contributed by atoms with Crippen LogP contribution in [-0.4, -0.2) is 5.11 Å². The van der Waals surface area contributed by atoms with Crippen LogP contribution in [0, 0.1) is 27.7 Å². The van der Waals surface area contributed by atoms with Crippen molar-refractivity contribution in [2.24, 2.45) is 0 Å². The molecule has 0 bridgehead atoms. The van der Waals surface area contributed by atoms with Crippen molar-refractivity contribution in [3.05, 3.63) is 52.1 Å². The van der Waals surface area contributed by atoms with Crippen LogP contribution in [0.15, 0.2) is 24.3 Å². The van der Waals surface area contributed by atoms with Crippen LogP contribution in [-0.2, 0) is 10.6 Å². The zero-order chi connectivity index (χ0) is 17.5. The van der Waals surface area contributed by atoms with E-state index >= 15 is 0 Å². The van der Waals surface area contributed by atoms with E-state index in [-0.39, 0.29) is 11.2 Å². The molecule has 0 aromatic heterocycles. The predicted octanol–water partition coefficient (Wildman–Crippen LogP) is 5.41. The number of aryl methyl sites for hydroxylation is 2. The molecule has 0 heterocycles. The van der Waals surface area contributed by atoms with E-state index in [4.69, 9.17) is 0 Å². The molecule has 0 unspecified atom stereocenters. The quantitative estimate of drug-likeness (QED) is 0.754. The van der Waals surface area contributed by atoms with Gasteiger partial charge in [-0.2, -0.15) is 5.06 Å². The Bertz CT molecular complexity index is 716. The summed E-state index contributed by atoms with van der Waals surface area (Å²) >= 11 is 0. The molecule has 1 radical (unpaired) electrons. The smallest absolute Gasteiger partial charge is 0.141 e. The predicted molar refractivity (Wildman–Crippen MR) is 95.0 cm³/mol. The van der Waals surface area contributed by atoms with Gasteiger partial charge < -0.3 is 5.11 Å². The van der Waals surface area contributed by atoms with Gasteiger partial charge in [-0.05, 0) is 73.1 Å². The normalized spacial score (nSPS) is 11.7. The maximum absolute atomic E-state index is 13.0. The molecule has 0 fully saturated rings. The summed E-state index contributed by atoms with van der Waals surface area (Å²) in [6.07, 6.45) is 0. The lowest BCUT2D eigenvalue weighted by molar-refractivity contribution is 0.193. The Balaban J connectivity index is 2.65. The first-order valence-corrected chi connectivity index (χ1v) is 7.92. The summed E-state index contributed by atoms with van der Waals surface area (Å²) in [5.74, 6) is 0.00552. The van der Waals surface area contributed by atoms with Gasteiger partial charge in [0, 0.05) is 0 Å². The monoisotopic (exact) mass is 312 g/mol. The van der Waals surface area contributed by atoms with Crippen molar-refractivity contribution in [1.29, 1.82) is 0 Å². The fourth-order valence-electron chi connectivity index (χ4n) is 2.77. The second-order valence-corrected chi connectivity index (χ2v) is 7.36. The number of nitrogens with zero attached hydrogens (tertiary/aromatic N) is 1. The van der Waals surface area contributed by atoms with Crippen LogP contribution in [0.3, 0.4) is 0 Å². The maximum Gasteiger partial charge on any atom is 0.141 e. The minimum absolute atomic E-state index is 0.00552. The molecule has 0 saturated heterocycles. The summed E-state index contributed by atoms with van der Waals surface area (Å²) in [5, 5.41) is 24.1. The van der Waals surface area contributed by atoms with E-state index in [0.717, 1.165) is 32.9 Å². The van der Waals surface area contributed by atoms with Gasteiger partial charge in [0.15, 0.2) is 0 Å². The third kappa shape index (κ3) is 3.20. The van der Waals surface area contributed by atoms with Crippen molar-refractivity contribution in [1.82, 2.24) is 0 Å². The summed E-state index contributed by atoms with van der Waals surface area (Å²) in [4.78, 5) is 0. The second kappa shape index (κ2) is 5.89. The van der Waals surface area contributed by atoms with Crippen LogP contribution < -0.4 is 5.06 Å². The largest absolute Gasteiger partial charge is 0.506 e. The molecule has 0 aliphatic heterocycles. The first-order valence-electron chi connectivity index (χ1n) is 7.92. The molecule has 2 aromatic rings. The molecule has 0 atom stereocenters. The minimum Gasteiger partial charge on any atom is -0.506 e. The third-order valence-corrected chi connectivity index (χ3v) is 4.59. The number of hydrogen-bond acceptors (Lipinski definition) is 2. The Kier molecular flexibility index (Phi) is 4.45. The van der Waals surface area contributed by atoms with Crippen molar-refractivity contribution in [2.75, 3.05) is 5.06 Å². The van der Waals surface area contributed by atoms with Crippen molar-refractivity contribution >= 4 is 11.4 Å². The van der Waals surface area contributed by atoms with Gasteiger partial charge in [-0.15, -0.1) is 0 Å². The summed E-state index contributed by atoms with van der Waals surface area (Å²) in [6, 6.07) is 7.36. The lowest BCUT2D eigenvalue weighted by Crippen LogP contribution is -2.16. The average molecular weight is 312 g/mol. The Morgan fingerprint density at radius 2 is 1.43 bits per heavy atom. The number of phenols is 1. The number of benzene rings is 2. The first-order chi connectivity index (χ1) is 10.5. The first kappa shape index (κ1) is 17.4. The maximum atomic E-state index is 13.0. The Labute approximate surface area is 139 Å². The molecule has 2 rings (SSSR count). The highest BCUT2D eigenvalue weighted by atomic mass is 16.5. The molecule has 23 heavy (non-hydrogen) atoms. The van der Waals surface area contributed by atoms with Crippen LogP contribution in [0.1, 0.15) is 48.6 Å². The van der Waals surface area contributed by atoms with E-state index in [1.165, 1.54) is 0 Å². The molecular weight excluding hydrogens is 286 g/mol. The summed E-state index contributed by atoms with van der Waals surface area (Å²) in [7, 11) is 0. The molecule has 0 aliphatic rings. The number of rotatable bonds is 2. The third-order valence-electron chi connectivity index (χ3n) is 4.59. The highest BCUT2D eigenvalue weighted by Crippen LogP contribution is 2.39. The van der Waals surface area contributed by atoms with Crippen molar-refractivity contribution < 1.29 is 10.3 Å². The van der Waals surface area contributed by atoms with Gasteiger partial charge in [-0.1, -0.05) is 38.1 Å². The SMILES string of the molecule is Cc1cc(C)c(C)c(N([O])c2cc(C(C)(C)C)ccc2O)c1C. The summed E-state index contributed by atoms with van der Waals surface area (Å²) in [6.45, 7) is 14.2. The fraction of sp³-hybridized carbons (Fsp3) is 0.400. The summed E-state index contributed by atoms with van der Waals surface area (Å²) < 4.78 is 0. The highest BCUT2D eigenvalue weighted by Gasteiger charge is 2.22.